The molecule has 1 saturated carbocycles. The van der Waals surface area contributed by atoms with Crippen molar-refractivity contribution in [1.82, 2.24) is 9.78 Å². The first-order valence-electron chi connectivity index (χ1n) is 6.98. The van der Waals surface area contributed by atoms with Crippen molar-refractivity contribution < 1.29 is 4.79 Å². The molecule has 0 amide bonds. The molecule has 1 aromatic heterocycles. The van der Waals surface area contributed by atoms with Crippen LogP contribution in [0.4, 0.5) is 0 Å². The summed E-state index contributed by atoms with van der Waals surface area (Å²) < 4.78 is 1.86. The number of hydrogen-bond acceptors (Lipinski definition) is 2. The number of Topliss-reactive ketones (excluding diaryl/α,β-unsaturated/α-hetero) is 1. The Hall–Kier alpha value is -1.12. The molecule has 18 heavy (non-hydrogen) atoms. The molecule has 0 spiro atoms. The van der Waals surface area contributed by atoms with E-state index in [-0.39, 0.29) is 11.3 Å². The molecule has 1 atom stereocenters. The minimum absolute atomic E-state index is 0.184. The highest BCUT2D eigenvalue weighted by molar-refractivity contribution is 5.84. The maximum Gasteiger partial charge on any atom is 0.142 e. The van der Waals surface area contributed by atoms with Crippen LogP contribution in [0, 0.1) is 11.3 Å². The van der Waals surface area contributed by atoms with Crippen LogP contribution >= 0.6 is 0 Å². The summed E-state index contributed by atoms with van der Waals surface area (Å²) in [6.07, 6.45) is 4.89. The van der Waals surface area contributed by atoms with Gasteiger partial charge in [-0.2, -0.15) is 5.10 Å². The van der Waals surface area contributed by atoms with Gasteiger partial charge in [-0.25, -0.2) is 0 Å². The van der Waals surface area contributed by atoms with Gasteiger partial charge in [0.15, 0.2) is 0 Å². The summed E-state index contributed by atoms with van der Waals surface area (Å²) in [6.45, 7) is 6.54. The summed E-state index contributed by atoms with van der Waals surface area (Å²) in [5, 5.41) is 4.41. The lowest BCUT2D eigenvalue weighted by molar-refractivity contribution is -0.124. The number of carbonyl (C=O) groups is 1. The molecule has 1 fully saturated rings. The molecule has 100 valence electrons. The zero-order valence-electron chi connectivity index (χ0n) is 12.0. The number of rotatable bonds is 4. The SMILES string of the molecule is CCc1cc(CC(=O)C2CCCC2(C)C)n(C)n1. The molecule has 0 aromatic carbocycles. The van der Waals surface area contributed by atoms with Gasteiger partial charge in [-0.05, 0) is 30.7 Å². The van der Waals surface area contributed by atoms with E-state index in [1.54, 1.807) is 0 Å². The molecule has 2 rings (SSSR count). The predicted molar refractivity (Wildman–Crippen MR) is 72.4 cm³/mol. The number of carbonyl (C=O) groups excluding carboxylic acids is 1. The summed E-state index contributed by atoms with van der Waals surface area (Å²) in [7, 11) is 1.93. The molecule has 1 heterocycles. The standard InChI is InChI=1S/C15H24N2O/c1-5-11-9-12(17(4)16-11)10-14(18)13-7-6-8-15(13,2)3/h9,13H,5-8,10H2,1-4H3. The zero-order chi connectivity index (χ0) is 13.3. The number of hydrogen-bond donors (Lipinski definition) is 0. The third-order valence-electron chi connectivity index (χ3n) is 4.39. The first-order valence-corrected chi connectivity index (χ1v) is 6.98. The Morgan fingerprint density at radius 2 is 2.28 bits per heavy atom. The van der Waals surface area contributed by atoms with Crippen LogP contribution in [0.25, 0.3) is 0 Å². The lowest BCUT2D eigenvalue weighted by Gasteiger charge is -2.25. The minimum atomic E-state index is 0.184. The third-order valence-corrected chi connectivity index (χ3v) is 4.39. The molecule has 1 unspecified atom stereocenters. The van der Waals surface area contributed by atoms with Crippen molar-refractivity contribution in [3.63, 3.8) is 0 Å². The van der Waals surface area contributed by atoms with Crippen molar-refractivity contribution in [1.29, 1.82) is 0 Å². The molecule has 0 N–H and O–H groups in total. The second kappa shape index (κ2) is 4.87. The maximum atomic E-state index is 12.4. The smallest absolute Gasteiger partial charge is 0.142 e. The fraction of sp³-hybridized carbons (Fsp3) is 0.733. The Morgan fingerprint density at radius 3 is 2.78 bits per heavy atom. The van der Waals surface area contributed by atoms with Crippen molar-refractivity contribution in [2.45, 2.75) is 52.9 Å². The van der Waals surface area contributed by atoms with Crippen LogP contribution in [0.3, 0.4) is 0 Å². The third kappa shape index (κ3) is 2.50. The quantitative estimate of drug-likeness (QED) is 0.821. The largest absolute Gasteiger partial charge is 0.299 e. The molecule has 3 nitrogen and oxygen atoms in total. The van der Waals surface area contributed by atoms with Gasteiger partial charge in [0, 0.05) is 25.1 Å². The van der Waals surface area contributed by atoms with Crippen LogP contribution < -0.4 is 0 Å². The van der Waals surface area contributed by atoms with E-state index in [9.17, 15) is 4.79 Å². The second-order valence-electron chi connectivity index (χ2n) is 6.18. The van der Waals surface area contributed by atoms with Crippen LogP contribution in [0.5, 0.6) is 0 Å². The summed E-state index contributed by atoms with van der Waals surface area (Å²) in [5.41, 5.74) is 2.31. The minimum Gasteiger partial charge on any atom is -0.299 e. The number of aryl methyl sites for hydroxylation is 2. The van der Waals surface area contributed by atoms with Crippen molar-refractivity contribution in [2.75, 3.05) is 0 Å². The van der Waals surface area contributed by atoms with E-state index < -0.39 is 0 Å². The van der Waals surface area contributed by atoms with Gasteiger partial charge in [-0.15, -0.1) is 0 Å². The predicted octanol–water partition coefficient (Wildman–Crippen LogP) is 2.92. The number of nitrogens with zero attached hydrogens (tertiary/aromatic N) is 2. The van der Waals surface area contributed by atoms with Crippen LogP contribution in [-0.4, -0.2) is 15.6 Å². The van der Waals surface area contributed by atoms with E-state index in [4.69, 9.17) is 0 Å². The zero-order valence-corrected chi connectivity index (χ0v) is 12.0. The van der Waals surface area contributed by atoms with E-state index in [0.717, 1.165) is 24.2 Å². The molecule has 0 bridgehead atoms. The van der Waals surface area contributed by atoms with E-state index >= 15 is 0 Å². The molecule has 1 aliphatic carbocycles. The molecule has 0 aliphatic heterocycles. The lowest BCUT2D eigenvalue weighted by Crippen LogP contribution is -2.27. The van der Waals surface area contributed by atoms with Gasteiger partial charge in [0.25, 0.3) is 0 Å². The second-order valence-corrected chi connectivity index (χ2v) is 6.18. The Kier molecular flexibility index (Phi) is 3.60. The lowest BCUT2D eigenvalue weighted by atomic mass is 9.78. The van der Waals surface area contributed by atoms with Gasteiger partial charge < -0.3 is 0 Å². The van der Waals surface area contributed by atoms with Crippen molar-refractivity contribution in [3.8, 4) is 0 Å². The topological polar surface area (TPSA) is 34.9 Å². The summed E-state index contributed by atoms with van der Waals surface area (Å²) >= 11 is 0. The Balaban J connectivity index is 2.09. The van der Waals surface area contributed by atoms with Gasteiger partial charge in [-0.1, -0.05) is 27.2 Å². The summed E-state index contributed by atoms with van der Waals surface area (Å²) in [6, 6.07) is 2.07. The molecule has 1 aromatic rings. The number of ketones is 1. The van der Waals surface area contributed by atoms with Gasteiger partial charge in [0.1, 0.15) is 5.78 Å². The van der Waals surface area contributed by atoms with Gasteiger partial charge >= 0.3 is 0 Å². The molecule has 1 aliphatic rings. The Labute approximate surface area is 110 Å². The van der Waals surface area contributed by atoms with E-state index in [0.29, 0.717) is 12.2 Å². The highest BCUT2D eigenvalue weighted by atomic mass is 16.1. The van der Waals surface area contributed by atoms with Crippen molar-refractivity contribution >= 4 is 5.78 Å². The van der Waals surface area contributed by atoms with Crippen LogP contribution in [0.15, 0.2) is 6.07 Å². The summed E-state index contributed by atoms with van der Waals surface area (Å²) in [4.78, 5) is 12.4. The maximum absolute atomic E-state index is 12.4. The van der Waals surface area contributed by atoms with Crippen molar-refractivity contribution in [2.24, 2.45) is 18.4 Å². The van der Waals surface area contributed by atoms with E-state index in [2.05, 4.69) is 31.9 Å². The normalized spacial score (nSPS) is 22.3. The highest BCUT2D eigenvalue weighted by Crippen LogP contribution is 2.43. The van der Waals surface area contributed by atoms with Gasteiger partial charge in [0.05, 0.1) is 5.69 Å². The van der Waals surface area contributed by atoms with Gasteiger partial charge in [-0.3, -0.25) is 9.48 Å². The van der Waals surface area contributed by atoms with Crippen LogP contribution in [0.2, 0.25) is 0 Å². The fourth-order valence-electron chi connectivity index (χ4n) is 3.13. The molecule has 0 radical (unpaired) electrons. The fourth-order valence-corrected chi connectivity index (χ4v) is 3.13. The van der Waals surface area contributed by atoms with Crippen molar-refractivity contribution in [3.05, 3.63) is 17.5 Å². The Bertz CT molecular complexity index is 445. The van der Waals surface area contributed by atoms with E-state index in [1.165, 1.54) is 12.8 Å². The van der Waals surface area contributed by atoms with Crippen LogP contribution in [-0.2, 0) is 24.7 Å². The molecule has 3 heteroatoms. The number of aromatic nitrogens is 2. The average molecular weight is 248 g/mol. The monoisotopic (exact) mass is 248 g/mol. The highest BCUT2D eigenvalue weighted by Gasteiger charge is 2.38. The first kappa shape index (κ1) is 13.3. The van der Waals surface area contributed by atoms with E-state index in [1.807, 2.05) is 11.7 Å². The summed E-state index contributed by atoms with van der Waals surface area (Å²) in [5.74, 6) is 0.626. The first-order chi connectivity index (χ1) is 8.44. The van der Waals surface area contributed by atoms with Crippen LogP contribution in [0.1, 0.15) is 51.4 Å². The Morgan fingerprint density at radius 1 is 1.56 bits per heavy atom. The van der Waals surface area contributed by atoms with Gasteiger partial charge in [0.2, 0.25) is 0 Å². The molecule has 0 saturated heterocycles. The molecular formula is C15H24N2O. The average Bonchev–Trinajstić information content (AvgIpc) is 2.82. The molecular weight excluding hydrogens is 224 g/mol.